The zero-order chi connectivity index (χ0) is 13.7. The van der Waals surface area contributed by atoms with E-state index in [0.717, 1.165) is 5.56 Å². The van der Waals surface area contributed by atoms with Crippen molar-refractivity contribution in [1.82, 2.24) is 10.2 Å². The molecule has 0 aliphatic heterocycles. The van der Waals surface area contributed by atoms with Crippen LogP contribution in [0.2, 0.25) is 10.0 Å². The van der Waals surface area contributed by atoms with Crippen LogP contribution in [0.25, 0.3) is 0 Å². The lowest BCUT2D eigenvalue weighted by atomic mass is 10.1. The molecule has 18 heavy (non-hydrogen) atoms. The minimum absolute atomic E-state index is 0.0613. The molecule has 3 nitrogen and oxygen atoms in total. The Labute approximate surface area is 118 Å². The third-order valence-corrected chi connectivity index (χ3v) is 3.57. The number of hydrogen-bond donors (Lipinski definition) is 1. The van der Waals surface area contributed by atoms with Crippen LogP contribution in [0.3, 0.4) is 0 Å². The summed E-state index contributed by atoms with van der Waals surface area (Å²) in [5.41, 5.74) is 0.946. The van der Waals surface area contributed by atoms with E-state index in [1.165, 1.54) is 0 Å². The molecule has 0 fully saturated rings. The first-order chi connectivity index (χ1) is 8.43. The molecule has 0 spiro atoms. The van der Waals surface area contributed by atoms with Crippen molar-refractivity contribution in [3.05, 3.63) is 33.8 Å². The molecule has 0 aromatic heterocycles. The highest BCUT2D eigenvalue weighted by molar-refractivity contribution is 6.42. The summed E-state index contributed by atoms with van der Waals surface area (Å²) in [7, 11) is 3.50. The lowest BCUT2D eigenvalue weighted by Crippen LogP contribution is -2.28. The van der Waals surface area contributed by atoms with Gasteiger partial charge in [0.05, 0.1) is 10.0 Å². The third-order valence-electron chi connectivity index (χ3n) is 2.74. The Morgan fingerprint density at radius 3 is 2.67 bits per heavy atom. The minimum atomic E-state index is 0.0613. The van der Waals surface area contributed by atoms with Crippen LogP contribution in [0, 0.1) is 0 Å². The fraction of sp³-hybridized carbons (Fsp3) is 0.462. The van der Waals surface area contributed by atoms with E-state index in [0.29, 0.717) is 23.0 Å². The summed E-state index contributed by atoms with van der Waals surface area (Å²) in [6.07, 6.45) is 0.468. The first-order valence-electron chi connectivity index (χ1n) is 5.81. The first-order valence-corrected chi connectivity index (χ1v) is 6.56. The zero-order valence-electron chi connectivity index (χ0n) is 10.8. The van der Waals surface area contributed by atoms with Gasteiger partial charge in [0.1, 0.15) is 0 Å². The maximum Gasteiger partial charge on any atom is 0.223 e. The van der Waals surface area contributed by atoms with Crippen LogP contribution in [0.1, 0.15) is 24.9 Å². The number of hydrogen-bond acceptors (Lipinski definition) is 2. The molecule has 0 heterocycles. The summed E-state index contributed by atoms with van der Waals surface area (Å²) in [6.45, 7) is 2.61. The van der Waals surface area contributed by atoms with Gasteiger partial charge in [-0.3, -0.25) is 4.79 Å². The highest BCUT2D eigenvalue weighted by Gasteiger charge is 2.12. The number of nitrogens with one attached hydrogen (secondary N) is 1. The van der Waals surface area contributed by atoms with Crippen LogP contribution in [-0.2, 0) is 4.79 Å². The second-order valence-corrected chi connectivity index (χ2v) is 5.14. The van der Waals surface area contributed by atoms with E-state index in [4.69, 9.17) is 23.2 Å². The predicted octanol–water partition coefficient (Wildman–Crippen LogP) is 3.12. The van der Waals surface area contributed by atoms with E-state index in [1.54, 1.807) is 25.1 Å². The van der Waals surface area contributed by atoms with Crippen LogP contribution in [0.15, 0.2) is 18.2 Å². The van der Waals surface area contributed by atoms with Gasteiger partial charge in [0, 0.05) is 33.1 Å². The van der Waals surface area contributed by atoms with Crippen LogP contribution in [-0.4, -0.2) is 31.4 Å². The van der Waals surface area contributed by atoms with E-state index < -0.39 is 0 Å². The van der Waals surface area contributed by atoms with Crippen LogP contribution >= 0.6 is 23.2 Å². The molecule has 100 valence electrons. The summed E-state index contributed by atoms with van der Waals surface area (Å²) in [5.74, 6) is 0.104. The molecule has 0 radical (unpaired) electrons. The topological polar surface area (TPSA) is 32.3 Å². The van der Waals surface area contributed by atoms with E-state index in [1.807, 2.05) is 19.1 Å². The van der Waals surface area contributed by atoms with Gasteiger partial charge in [-0.2, -0.15) is 0 Å². The molecule has 5 heteroatoms. The number of nitrogens with zero attached hydrogens (tertiary/aromatic N) is 1. The molecular weight excluding hydrogens is 271 g/mol. The number of benzene rings is 1. The fourth-order valence-electron chi connectivity index (χ4n) is 1.58. The molecule has 0 saturated carbocycles. The molecule has 1 amide bonds. The van der Waals surface area contributed by atoms with Crippen LogP contribution < -0.4 is 5.32 Å². The lowest BCUT2D eigenvalue weighted by molar-refractivity contribution is -0.128. The summed E-state index contributed by atoms with van der Waals surface area (Å²) in [4.78, 5) is 13.0. The third kappa shape index (κ3) is 4.16. The molecule has 0 bridgehead atoms. The molecule has 0 aliphatic rings. The average Bonchev–Trinajstić information content (AvgIpc) is 2.32. The first kappa shape index (κ1) is 15.3. The quantitative estimate of drug-likeness (QED) is 0.903. The molecular formula is C13H18Cl2N2O. The Balaban J connectivity index is 2.53. The molecule has 1 aromatic rings. The van der Waals surface area contributed by atoms with E-state index in [-0.39, 0.29) is 11.9 Å². The second kappa shape index (κ2) is 6.98. The lowest BCUT2D eigenvalue weighted by Gasteiger charge is -2.17. The van der Waals surface area contributed by atoms with Gasteiger partial charge in [-0.25, -0.2) is 0 Å². The van der Waals surface area contributed by atoms with Gasteiger partial charge in [-0.1, -0.05) is 35.3 Å². The molecule has 1 N–H and O–H groups in total. The molecule has 0 saturated heterocycles. The van der Waals surface area contributed by atoms with Crippen molar-refractivity contribution >= 4 is 29.1 Å². The van der Waals surface area contributed by atoms with Gasteiger partial charge in [0.2, 0.25) is 5.91 Å². The fourth-order valence-corrected chi connectivity index (χ4v) is 2.06. The highest BCUT2D eigenvalue weighted by Crippen LogP contribution is 2.29. The van der Waals surface area contributed by atoms with E-state index >= 15 is 0 Å². The summed E-state index contributed by atoms with van der Waals surface area (Å²) in [6, 6.07) is 5.62. The average molecular weight is 289 g/mol. The summed E-state index contributed by atoms with van der Waals surface area (Å²) in [5, 5.41) is 4.38. The standard InChI is InChI=1S/C13H18Cl2N2O/c1-9(16-8-7-12(18)17(2)3)10-5-4-6-11(14)13(10)15/h4-6,9,16H,7-8H2,1-3H3. The maximum absolute atomic E-state index is 11.4. The van der Waals surface area contributed by atoms with Crippen LogP contribution in [0.5, 0.6) is 0 Å². The molecule has 1 aromatic carbocycles. The van der Waals surface area contributed by atoms with E-state index in [9.17, 15) is 4.79 Å². The van der Waals surface area contributed by atoms with Crippen molar-refractivity contribution in [2.24, 2.45) is 0 Å². The van der Waals surface area contributed by atoms with Crippen molar-refractivity contribution in [2.45, 2.75) is 19.4 Å². The van der Waals surface area contributed by atoms with Crippen molar-refractivity contribution in [3.8, 4) is 0 Å². The zero-order valence-corrected chi connectivity index (χ0v) is 12.3. The summed E-state index contributed by atoms with van der Waals surface area (Å²) < 4.78 is 0. The van der Waals surface area contributed by atoms with Gasteiger partial charge in [0.25, 0.3) is 0 Å². The molecule has 1 rings (SSSR count). The Bertz CT molecular complexity index is 421. The Hall–Kier alpha value is -0.770. The van der Waals surface area contributed by atoms with E-state index in [2.05, 4.69) is 5.32 Å². The second-order valence-electron chi connectivity index (χ2n) is 4.36. The van der Waals surface area contributed by atoms with Crippen LogP contribution in [0.4, 0.5) is 0 Å². The van der Waals surface area contributed by atoms with Crippen molar-refractivity contribution < 1.29 is 4.79 Å². The van der Waals surface area contributed by atoms with Gasteiger partial charge in [0.15, 0.2) is 0 Å². The normalized spacial score (nSPS) is 12.3. The predicted molar refractivity (Wildman–Crippen MR) is 76.2 cm³/mol. The van der Waals surface area contributed by atoms with Gasteiger partial charge >= 0.3 is 0 Å². The molecule has 1 atom stereocenters. The number of carbonyl (C=O) groups is 1. The van der Waals surface area contributed by atoms with Crippen molar-refractivity contribution in [2.75, 3.05) is 20.6 Å². The summed E-state index contributed by atoms with van der Waals surface area (Å²) >= 11 is 12.1. The molecule has 0 aliphatic carbocycles. The minimum Gasteiger partial charge on any atom is -0.349 e. The number of halogens is 2. The Kier molecular flexibility index (Phi) is 5.93. The van der Waals surface area contributed by atoms with Gasteiger partial charge in [-0.05, 0) is 18.6 Å². The SMILES string of the molecule is CC(NCCC(=O)N(C)C)c1cccc(Cl)c1Cl. The largest absolute Gasteiger partial charge is 0.349 e. The smallest absolute Gasteiger partial charge is 0.223 e. The number of carbonyl (C=O) groups excluding carboxylic acids is 1. The maximum atomic E-state index is 11.4. The van der Waals surface area contributed by atoms with Gasteiger partial charge < -0.3 is 10.2 Å². The Morgan fingerprint density at radius 1 is 1.39 bits per heavy atom. The van der Waals surface area contributed by atoms with Crippen molar-refractivity contribution in [1.29, 1.82) is 0 Å². The number of amides is 1. The van der Waals surface area contributed by atoms with Crippen molar-refractivity contribution in [3.63, 3.8) is 0 Å². The Morgan fingerprint density at radius 2 is 2.06 bits per heavy atom. The van der Waals surface area contributed by atoms with Gasteiger partial charge in [-0.15, -0.1) is 0 Å². The number of rotatable bonds is 5. The monoisotopic (exact) mass is 288 g/mol. The highest BCUT2D eigenvalue weighted by atomic mass is 35.5. The molecule has 1 unspecified atom stereocenters.